The second kappa shape index (κ2) is 7.04. The number of rotatable bonds is 8. The van der Waals surface area contributed by atoms with Crippen molar-refractivity contribution in [3.05, 3.63) is 35.9 Å². The van der Waals surface area contributed by atoms with Gasteiger partial charge >= 0.3 is 0 Å². The molecule has 0 aliphatic heterocycles. The number of pyridine rings is 1. The van der Waals surface area contributed by atoms with Gasteiger partial charge in [0.05, 0.1) is 24.1 Å². The van der Waals surface area contributed by atoms with Crippen LogP contribution in [0.4, 0.5) is 0 Å². The second-order valence-corrected chi connectivity index (χ2v) is 7.12. The third kappa shape index (κ3) is 3.16. The molecule has 0 radical (unpaired) electrons. The van der Waals surface area contributed by atoms with Gasteiger partial charge in [-0.05, 0) is 42.2 Å². The van der Waals surface area contributed by atoms with Crippen LogP contribution >= 0.6 is 0 Å². The van der Waals surface area contributed by atoms with E-state index in [0.29, 0.717) is 17.8 Å². The van der Waals surface area contributed by atoms with Gasteiger partial charge in [0.1, 0.15) is 0 Å². The van der Waals surface area contributed by atoms with Crippen LogP contribution in [0.15, 0.2) is 24.8 Å². The molecule has 23 heavy (non-hydrogen) atoms. The first kappa shape index (κ1) is 16.5. The van der Waals surface area contributed by atoms with Gasteiger partial charge in [0.15, 0.2) is 0 Å². The molecule has 2 aromatic heterocycles. The number of imidazole rings is 1. The van der Waals surface area contributed by atoms with Gasteiger partial charge in [-0.25, -0.2) is 4.98 Å². The Hall–Kier alpha value is -1.35. The van der Waals surface area contributed by atoms with Crippen molar-refractivity contribution < 1.29 is 5.11 Å². The van der Waals surface area contributed by atoms with E-state index >= 15 is 0 Å². The van der Waals surface area contributed by atoms with Crippen LogP contribution in [0.3, 0.4) is 0 Å². The van der Waals surface area contributed by atoms with E-state index in [-0.39, 0.29) is 6.10 Å². The van der Waals surface area contributed by atoms with E-state index < -0.39 is 0 Å². The van der Waals surface area contributed by atoms with Gasteiger partial charge < -0.3 is 9.51 Å². The summed E-state index contributed by atoms with van der Waals surface area (Å²) in [6, 6.07) is 2.21. The minimum atomic E-state index is -0.382. The zero-order valence-electron chi connectivity index (χ0n) is 14.7. The van der Waals surface area contributed by atoms with Gasteiger partial charge in [-0.1, -0.05) is 46.5 Å². The highest BCUT2D eigenvalue weighted by molar-refractivity contribution is 5.59. The first-order valence-corrected chi connectivity index (χ1v) is 9.33. The van der Waals surface area contributed by atoms with E-state index in [4.69, 9.17) is 0 Å². The van der Waals surface area contributed by atoms with Crippen molar-refractivity contribution in [2.75, 3.05) is 0 Å². The minimum absolute atomic E-state index is 0.332. The molecule has 2 heterocycles. The van der Waals surface area contributed by atoms with E-state index in [0.717, 1.165) is 23.9 Å². The van der Waals surface area contributed by atoms with E-state index in [1.165, 1.54) is 31.2 Å². The first-order chi connectivity index (χ1) is 11.2. The average Bonchev–Trinajstić information content (AvgIpc) is 3.30. The van der Waals surface area contributed by atoms with Crippen molar-refractivity contribution in [1.82, 2.24) is 9.38 Å². The molecule has 0 bridgehead atoms. The molecule has 3 heteroatoms. The van der Waals surface area contributed by atoms with Crippen LogP contribution in [0.25, 0.3) is 5.52 Å². The molecule has 0 saturated heterocycles. The molecule has 0 aromatic carbocycles. The third-order valence-electron chi connectivity index (χ3n) is 5.65. The highest BCUT2D eigenvalue weighted by atomic mass is 16.3. The Bertz CT molecular complexity index is 644. The zero-order valence-corrected chi connectivity index (χ0v) is 14.7. The van der Waals surface area contributed by atoms with Crippen LogP contribution in [0.2, 0.25) is 0 Å². The zero-order chi connectivity index (χ0) is 16.4. The number of fused-ring (bicyclic) bond motifs is 1. The van der Waals surface area contributed by atoms with Gasteiger partial charge in [0.25, 0.3) is 0 Å². The van der Waals surface area contributed by atoms with Crippen molar-refractivity contribution >= 4 is 5.52 Å². The van der Waals surface area contributed by atoms with E-state index in [1.54, 1.807) is 0 Å². The predicted octanol–water partition coefficient (Wildman–Crippen LogP) is 5.10. The van der Waals surface area contributed by atoms with E-state index in [1.807, 2.05) is 12.5 Å². The summed E-state index contributed by atoms with van der Waals surface area (Å²) in [5.74, 6) is 1.57. The lowest BCUT2D eigenvalue weighted by molar-refractivity contribution is 0.0638. The second-order valence-electron chi connectivity index (χ2n) is 7.12. The summed E-state index contributed by atoms with van der Waals surface area (Å²) in [5, 5.41) is 11.3. The van der Waals surface area contributed by atoms with Crippen LogP contribution in [0, 0.1) is 11.8 Å². The maximum atomic E-state index is 11.3. The Morgan fingerprint density at radius 3 is 2.65 bits per heavy atom. The summed E-state index contributed by atoms with van der Waals surface area (Å²) >= 11 is 0. The molecule has 0 amide bonds. The quantitative estimate of drug-likeness (QED) is 0.736. The molecule has 0 spiro atoms. The molecule has 3 nitrogen and oxygen atoms in total. The van der Waals surface area contributed by atoms with Crippen LogP contribution in [0.1, 0.15) is 82.4 Å². The van der Waals surface area contributed by atoms with Gasteiger partial charge in [-0.15, -0.1) is 0 Å². The smallest absolute Gasteiger partial charge is 0.0992 e. The molecule has 1 aliphatic rings. The number of hydrogen-bond acceptors (Lipinski definition) is 2. The molecule has 1 saturated carbocycles. The molecule has 126 valence electrons. The molecule has 3 unspecified atom stereocenters. The third-order valence-corrected chi connectivity index (χ3v) is 5.65. The Morgan fingerprint density at radius 1 is 1.26 bits per heavy atom. The largest absolute Gasteiger partial charge is 0.388 e. The standard InChI is InChI=1S/C20H30N2O/c1-4-7-14(5-2)16(6-3)20(23)19-17(15-8-9-15)10-11-22-13-21-12-18(19)22/h10-16,20,23H,4-9H2,1-3H3. The normalized spacial score (nSPS) is 19.0. The number of aliphatic hydroxyl groups is 1. The Kier molecular flexibility index (Phi) is 5.05. The fourth-order valence-corrected chi connectivity index (χ4v) is 4.22. The van der Waals surface area contributed by atoms with Crippen molar-refractivity contribution in [3.8, 4) is 0 Å². The summed E-state index contributed by atoms with van der Waals surface area (Å²) in [7, 11) is 0. The van der Waals surface area contributed by atoms with Gasteiger partial charge in [0.2, 0.25) is 0 Å². The van der Waals surface area contributed by atoms with Crippen molar-refractivity contribution in [2.45, 2.75) is 71.3 Å². The number of aromatic nitrogens is 2. The molecule has 2 aromatic rings. The fraction of sp³-hybridized carbons (Fsp3) is 0.650. The van der Waals surface area contributed by atoms with Crippen molar-refractivity contribution in [3.63, 3.8) is 0 Å². The molecule has 1 fully saturated rings. The summed E-state index contributed by atoms with van der Waals surface area (Å²) < 4.78 is 2.05. The molecule has 1 N–H and O–H groups in total. The SMILES string of the molecule is CCCC(CC)C(CC)C(O)c1c(C2CC2)ccn2cncc12. The summed E-state index contributed by atoms with van der Waals surface area (Å²) in [4.78, 5) is 4.30. The average molecular weight is 314 g/mol. The number of aliphatic hydroxyl groups excluding tert-OH is 1. The van der Waals surface area contributed by atoms with E-state index in [2.05, 4.69) is 42.4 Å². The minimum Gasteiger partial charge on any atom is -0.388 e. The van der Waals surface area contributed by atoms with Gasteiger partial charge in [-0.3, -0.25) is 0 Å². The maximum Gasteiger partial charge on any atom is 0.0992 e. The van der Waals surface area contributed by atoms with E-state index in [9.17, 15) is 5.11 Å². The summed E-state index contributed by atoms with van der Waals surface area (Å²) in [6.45, 7) is 6.73. The van der Waals surface area contributed by atoms with Crippen molar-refractivity contribution in [1.29, 1.82) is 0 Å². The van der Waals surface area contributed by atoms with Gasteiger partial charge in [0, 0.05) is 11.8 Å². The highest BCUT2D eigenvalue weighted by Crippen LogP contribution is 2.46. The molecule has 3 atom stereocenters. The summed E-state index contributed by atoms with van der Waals surface area (Å²) in [5.41, 5.74) is 3.59. The Balaban J connectivity index is 2.02. The predicted molar refractivity (Wildman–Crippen MR) is 94.6 cm³/mol. The molecule has 1 aliphatic carbocycles. The molecule has 3 rings (SSSR count). The van der Waals surface area contributed by atoms with Crippen LogP contribution in [-0.4, -0.2) is 14.5 Å². The van der Waals surface area contributed by atoms with Crippen LogP contribution in [-0.2, 0) is 0 Å². The Labute approximate surface area is 139 Å². The van der Waals surface area contributed by atoms with Crippen molar-refractivity contribution in [2.24, 2.45) is 11.8 Å². The lowest BCUT2D eigenvalue weighted by Gasteiger charge is -2.31. The van der Waals surface area contributed by atoms with Crippen LogP contribution in [0.5, 0.6) is 0 Å². The fourth-order valence-electron chi connectivity index (χ4n) is 4.22. The Morgan fingerprint density at radius 2 is 2.04 bits per heavy atom. The first-order valence-electron chi connectivity index (χ1n) is 9.33. The monoisotopic (exact) mass is 314 g/mol. The van der Waals surface area contributed by atoms with Crippen LogP contribution < -0.4 is 0 Å². The maximum absolute atomic E-state index is 11.3. The summed E-state index contributed by atoms with van der Waals surface area (Å²) in [6.07, 6.45) is 12.5. The van der Waals surface area contributed by atoms with Gasteiger partial charge in [-0.2, -0.15) is 0 Å². The molecular formula is C20H30N2O. The lowest BCUT2D eigenvalue weighted by atomic mass is 9.77. The topological polar surface area (TPSA) is 37.5 Å². The number of nitrogens with zero attached hydrogens (tertiary/aromatic N) is 2. The highest BCUT2D eigenvalue weighted by Gasteiger charge is 2.34. The number of hydrogen-bond donors (Lipinski definition) is 1. The molecular weight excluding hydrogens is 284 g/mol. The lowest BCUT2D eigenvalue weighted by Crippen LogP contribution is -2.23.